The second kappa shape index (κ2) is 25.7. The van der Waals surface area contributed by atoms with Crippen LogP contribution in [0.15, 0.2) is 385 Å². The number of nitrogens with zero attached hydrogens (tertiary/aromatic N) is 10. The first kappa shape index (κ1) is 65.4. The Morgan fingerprint density at radius 1 is 0.186 bits per heavy atom. The normalized spacial score (nSPS) is 12.1. The topological polar surface area (TPSA) is 123 Å². The van der Waals surface area contributed by atoms with Crippen molar-refractivity contribution in [2.75, 3.05) is 0 Å². The van der Waals surface area contributed by atoms with Gasteiger partial charge in [0.05, 0.1) is 49.8 Å². The maximum Gasteiger partial charge on any atom is 0.164 e. The molecule has 0 aliphatic heterocycles. The number of fused-ring (bicyclic) bond motifs is 20. The summed E-state index contributed by atoms with van der Waals surface area (Å²) in [6, 6.07) is 133. The first-order valence-electron chi connectivity index (χ1n) is 39.7. The number of aromatic nitrogens is 10. The Balaban J connectivity index is 0.658. The fraction of sp³-hybridized carbons (Fsp3) is 0. The van der Waals surface area contributed by atoms with Crippen LogP contribution in [0.3, 0.4) is 0 Å². The molecule has 17 aromatic carbocycles. The van der Waals surface area contributed by atoms with E-state index in [-0.39, 0.29) is 0 Å². The average Bonchev–Trinajstić information content (AvgIpc) is 1.55. The fourth-order valence-electron chi connectivity index (χ4n) is 18.6. The van der Waals surface area contributed by atoms with Crippen LogP contribution in [0.1, 0.15) is 0 Å². The van der Waals surface area contributed by atoms with Crippen molar-refractivity contribution in [2.24, 2.45) is 0 Å². The van der Waals surface area contributed by atoms with E-state index < -0.39 is 0 Å². The smallest absolute Gasteiger partial charge is 0.164 e. The lowest BCUT2D eigenvalue weighted by Gasteiger charge is -2.16. The average molecular weight is 1510 g/mol. The van der Waals surface area contributed by atoms with Crippen LogP contribution in [-0.2, 0) is 0 Å². The second-order valence-electron chi connectivity index (χ2n) is 30.4. The maximum absolute atomic E-state index is 7.34. The van der Waals surface area contributed by atoms with E-state index in [1.54, 1.807) is 0 Å². The molecule has 0 amide bonds. The third-order valence-electron chi connectivity index (χ3n) is 23.9. The predicted octanol–water partition coefficient (Wildman–Crippen LogP) is 27.1. The highest BCUT2D eigenvalue weighted by Crippen LogP contribution is 2.48. The zero-order valence-corrected chi connectivity index (χ0v) is 63.1. The van der Waals surface area contributed by atoms with Gasteiger partial charge in [-0.15, -0.1) is 0 Å². The Morgan fingerprint density at radius 3 is 1.22 bits per heavy atom. The summed E-state index contributed by atoms with van der Waals surface area (Å²) < 4.78 is 23.8. The molecule has 12 nitrogen and oxygen atoms in total. The molecule has 0 aliphatic rings. The largest absolute Gasteiger partial charge is 0.456 e. The van der Waals surface area contributed by atoms with Crippen LogP contribution < -0.4 is 0 Å². The SMILES string of the molecule is c1ccc(-c2nc(-c3ccccc3)nc(-c3ccc(-n4c5cc(-n6c7ccccc7c7ccccc76)ccc5c5ccc6c7cc(-c8cccc9c8c8ccccc8n9-c8ccc9c%10cc%11c(cc%10n(-c%10ccc(-c%12nc(-c%13ccccc%13)nc(-c%13ccccc%13)n%12)c%12ccccc%10%12)c9c8)oc8ccccc8%11)ccc7oc6c54)cc3)n2)cc1. The Labute approximate surface area is 673 Å². The first-order valence-corrected chi connectivity index (χ1v) is 39.7. The quantitative estimate of drug-likeness (QED) is 0.125. The van der Waals surface area contributed by atoms with E-state index in [1.807, 2.05) is 103 Å². The van der Waals surface area contributed by atoms with Gasteiger partial charge in [-0.3, -0.25) is 0 Å². The van der Waals surface area contributed by atoms with E-state index in [2.05, 4.69) is 291 Å². The molecule has 0 fully saturated rings. The number of benzene rings is 17. The zero-order valence-electron chi connectivity index (χ0n) is 63.1. The Bertz CT molecular complexity index is 8320. The highest BCUT2D eigenvalue weighted by Gasteiger charge is 2.27. The molecule has 25 rings (SSSR count). The lowest BCUT2D eigenvalue weighted by molar-refractivity contribution is 0.669. The Kier molecular flexibility index (Phi) is 14.2. The van der Waals surface area contributed by atoms with Crippen LogP contribution in [0.25, 0.3) is 244 Å². The third kappa shape index (κ3) is 10.0. The van der Waals surface area contributed by atoms with E-state index in [1.165, 1.54) is 10.8 Å². The monoisotopic (exact) mass is 1510 g/mol. The van der Waals surface area contributed by atoms with E-state index >= 15 is 0 Å². The lowest BCUT2D eigenvalue weighted by Crippen LogP contribution is -2.02. The molecule has 548 valence electrons. The number of furan rings is 2. The van der Waals surface area contributed by atoms with Crippen LogP contribution in [0.4, 0.5) is 0 Å². The molecule has 8 heterocycles. The molecule has 0 radical (unpaired) electrons. The molecule has 0 aliphatic carbocycles. The van der Waals surface area contributed by atoms with Crippen molar-refractivity contribution in [3.63, 3.8) is 0 Å². The third-order valence-corrected chi connectivity index (χ3v) is 23.9. The van der Waals surface area contributed by atoms with Crippen molar-refractivity contribution in [3.8, 4) is 102 Å². The van der Waals surface area contributed by atoms with Gasteiger partial charge in [0.15, 0.2) is 40.5 Å². The second-order valence-corrected chi connectivity index (χ2v) is 30.4. The van der Waals surface area contributed by atoms with Gasteiger partial charge in [-0.25, -0.2) is 29.9 Å². The van der Waals surface area contributed by atoms with Crippen LogP contribution in [0.5, 0.6) is 0 Å². The van der Waals surface area contributed by atoms with Gasteiger partial charge in [0.2, 0.25) is 0 Å². The Morgan fingerprint density at radius 2 is 0.610 bits per heavy atom. The van der Waals surface area contributed by atoms with Gasteiger partial charge in [-0.2, -0.15) is 0 Å². The summed E-state index contributed by atoms with van der Waals surface area (Å²) in [5.41, 5.74) is 23.5. The van der Waals surface area contributed by atoms with Crippen molar-refractivity contribution < 1.29 is 8.83 Å². The molecule has 0 spiro atoms. The zero-order chi connectivity index (χ0) is 77.2. The molecule has 118 heavy (non-hydrogen) atoms. The van der Waals surface area contributed by atoms with E-state index in [4.69, 9.17) is 38.7 Å². The number of rotatable bonds is 11. The van der Waals surface area contributed by atoms with Gasteiger partial charge in [0.1, 0.15) is 16.7 Å². The van der Waals surface area contributed by atoms with Gasteiger partial charge in [0.25, 0.3) is 0 Å². The summed E-state index contributed by atoms with van der Waals surface area (Å²) in [5.74, 6) is 3.61. The van der Waals surface area contributed by atoms with Gasteiger partial charge >= 0.3 is 0 Å². The molecule has 0 bridgehead atoms. The van der Waals surface area contributed by atoms with Crippen LogP contribution in [-0.4, -0.2) is 48.2 Å². The van der Waals surface area contributed by atoms with Crippen molar-refractivity contribution in [1.82, 2.24) is 48.2 Å². The standard InChI is InChI=1S/C106H62N10O2/c1-5-24-63(25-6-1)101-107-102(64-26-7-2-8-27-64)109-105(108-101)67-44-47-69(48-45-67)115-92-59-70(113-87-39-19-15-34-75(87)76-35-16-20-40-88(76)113)49-51-77(92)80-53-54-81-85-58-68(46-57-96(85)118-100(81)99(80)115)72-38-23-42-91-98(72)83-37-17-21-41-89(83)114(91)71-50-52-78-84-61-86-79-36-18-22-43-95(79)117-97(86)62-94(84)116(93(78)60-71)90-56-55-82(73-32-13-14-33-74(73)90)106-111-103(65-28-9-3-10-29-65)110-104(112-106)66-30-11-4-12-31-66/h1-62H. The predicted molar refractivity (Wildman–Crippen MR) is 481 cm³/mol. The van der Waals surface area contributed by atoms with E-state index in [9.17, 15) is 0 Å². The van der Waals surface area contributed by atoms with Gasteiger partial charge in [-0.05, 0) is 132 Å². The number of hydrogen-bond acceptors (Lipinski definition) is 8. The fourth-order valence-corrected chi connectivity index (χ4v) is 18.6. The summed E-state index contributed by atoms with van der Waals surface area (Å²) in [5, 5.41) is 15.4. The van der Waals surface area contributed by atoms with Crippen molar-refractivity contribution in [2.45, 2.75) is 0 Å². The van der Waals surface area contributed by atoms with Crippen molar-refractivity contribution >= 4 is 142 Å². The molecule has 0 saturated heterocycles. The summed E-state index contributed by atoms with van der Waals surface area (Å²) in [6.45, 7) is 0. The van der Waals surface area contributed by atoms with Crippen LogP contribution in [0, 0.1) is 0 Å². The van der Waals surface area contributed by atoms with Crippen LogP contribution >= 0.6 is 0 Å². The number of hydrogen-bond donors (Lipinski definition) is 0. The van der Waals surface area contributed by atoms with Crippen molar-refractivity contribution in [3.05, 3.63) is 376 Å². The minimum atomic E-state index is 0.584. The molecule has 0 unspecified atom stereocenters. The highest BCUT2D eigenvalue weighted by atomic mass is 16.3. The van der Waals surface area contributed by atoms with Crippen LogP contribution in [0.2, 0.25) is 0 Å². The minimum Gasteiger partial charge on any atom is -0.456 e. The summed E-state index contributed by atoms with van der Waals surface area (Å²) in [6.07, 6.45) is 0. The van der Waals surface area contributed by atoms with Gasteiger partial charge in [-0.1, -0.05) is 255 Å². The van der Waals surface area contributed by atoms with Crippen molar-refractivity contribution in [1.29, 1.82) is 0 Å². The minimum absolute atomic E-state index is 0.584. The molecular formula is C106H62N10O2. The molecular weight excluding hydrogens is 1450 g/mol. The first-order chi connectivity index (χ1) is 58.5. The molecule has 0 atom stereocenters. The molecule has 0 N–H and O–H groups in total. The molecule has 8 aromatic heterocycles. The maximum atomic E-state index is 7.34. The summed E-state index contributed by atoms with van der Waals surface area (Å²) in [4.78, 5) is 30.9. The highest BCUT2D eigenvalue weighted by molar-refractivity contribution is 6.24. The summed E-state index contributed by atoms with van der Waals surface area (Å²) in [7, 11) is 0. The van der Waals surface area contributed by atoms with Gasteiger partial charge < -0.3 is 27.1 Å². The number of para-hydroxylation sites is 4. The lowest BCUT2D eigenvalue weighted by atomic mass is 9.97. The molecule has 12 heteroatoms. The van der Waals surface area contributed by atoms with E-state index in [0.717, 1.165) is 198 Å². The molecule has 25 aromatic rings. The van der Waals surface area contributed by atoms with Gasteiger partial charge in [0, 0.05) is 127 Å². The Hall–Kier alpha value is -16.2. The summed E-state index contributed by atoms with van der Waals surface area (Å²) >= 11 is 0. The molecule has 0 saturated carbocycles. The van der Waals surface area contributed by atoms with E-state index in [0.29, 0.717) is 34.9 Å².